The maximum atomic E-state index is 11.6. The molecule has 1 aromatic rings. The molecule has 0 aliphatic heterocycles. The minimum absolute atomic E-state index is 0.0335. The van der Waals surface area contributed by atoms with Gasteiger partial charge in [-0.3, -0.25) is 10.1 Å². The highest BCUT2D eigenvalue weighted by Crippen LogP contribution is 2.25. The number of hydrogen-bond acceptors (Lipinski definition) is 5. The third-order valence-corrected chi connectivity index (χ3v) is 3.24. The molecule has 1 aromatic carbocycles. The molecule has 1 aliphatic rings. The smallest absolute Gasteiger partial charge is 0.344 e. The number of rotatable bonds is 4. The molecule has 0 amide bonds. The number of hydrogen-bond donors (Lipinski definition) is 1. The van der Waals surface area contributed by atoms with Gasteiger partial charge in [-0.05, 0) is 31.4 Å². The van der Waals surface area contributed by atoms with Crippen molar-refractivity contribution in [2.45, 2.75) is 25.3 Å². The SMILES string of the molecule is COC(=O)c1cc(NC2CC=CCC2)ccc1[N+](=O)[O-]. The van der Waals surface area contributed by atoms with Crippen LogP contribution in [0.25, 0.3) is 0 Å². The molecule has 6 heteroatoms. The maximum absolute atomic E-state index is 11.6. The summed E-state index contributed by atoms with van der Waals surface area (Å²) < 4.78 is 4.59. The Morgan fingerprint density at radius 3 is 2.85 bits per heavy atom. The molecule has 6 nitrogen and oxygen atoms in total. The van der Waals surface area contributed by atoms with Crippen LogP contribution >= 0.6 is 0 Å². The van der Waals surface area contributed by atoms with Crippen molar-refractivity contribution >= 4 is 17.3 Å². The number of ether oxygens (including phenoxy) is 1. The standard InChI is InChI=1S/C14H16N2O4/c1-20-14(17)12-9-11(7-8-13(12)16(18)19)15-10-5-3-2-4-6-10/h2-3,7-10,15H,4-6H2,1H3. The van der Waals surface area contributed by atoms with E-state index < -0.39 is 10.9 Å². The molecule has 0 spiro atoms. The second kappa shape index (κ2) is 6.18. The molecular weight excluding hydrogens is 260 g/mol. The maximum Gasteiger partial charge on any atom is 0.344 e. The number of nitrogens with zero attached hydrogens (tertiary/aromatic N) is 1. The molecule has 1 atom stereocenters. The predicted molar refractivity (Wildman–Crippen MR) is 74.8 cm³/mol. The van der Waals surface area contributed by atoms with Gasteiger partial charge in [0, 0.05) is 17.8 Å². The Hall–Kier alpha value is -2.37. The zero-order valence-electron chi connectivity index (χ0n) is 11.2. The molecule has 1 aliphatic carbocycles. The first kappa shape index (κ1) is 14.0. The number of carbonyl (C=O) groups is 1. The quantitative estimate of drug-likeness (QED) is 0.396. The summed E-state index contributed by atoms with van der Waals surface area (Å²) in [5.74, 6) is -0.705. The lowest BCUT2D eigenvalue weighted by Gasteiger charge is -2.20. The molecule has 0 bridgehead atoms. The minimum Gasteiger partial charge on any atom is -0.465 e. The highest BCUT2D eigenvalue weighted by molar-refractivity contribution is 5.95. The average Bonchev–Trinajstić information content (AvgIpc) is 2.47. The number of methoxy groups -OCH3 is 1. The molecule has 0 aromatic heterocycles. The van der Waals surface area contributed by atoms with Gasteiger partial charge in [0.15, 0.2) is 0 Å². The van der Waals surface area contributed by atoms with E-state index in [1.165, 1.54) is 19.2 Å². The van der Waals surface area contributed by atoms with Crippen LogP contribution in [0, 0.1) is 10.1 Å². The monoisotopic (exact) mass is 276 g/mol. The molecule has 0 radical (unpaired) electrons. The number of nitro benzene ring substituents is 1. The van der Waals surface area contributed by atoms with E-state index in [1.54, 1.807) is 6.07 Å². The van der Waals surface area contributed by atoms with Crippen molar-refractivity contribution in [3.8, 4) is 0 Å². The number of benzene rings is 1. The number of nitrogens with one attached hydrogen (secondary N) is 1. The average molecular weight is 276 g/mol. The number of allylic oxidation sites excluding steroid dienone is 1. The van der Waals surface area contributed by atoms with Crippen molar-refractivity contribution in [1.82, 2.24) is 0 Å². The van der Waals surface area contributed by atoms with E-state index in [9.17, 15) is 14.9 Å². The fraction of sp³-hybridized carbons (Fsp3) is 0.357. The van der Waals surface area contributed by atoms with Crippen LogP contribution in [0.5, 0.6) is 0 Å². The van der Waals surface area contributed by atoms with E-state index in [4.69, 9.17) is 0 Å². The Bertz CT molecular complexity index is 554. The van der Waals surface area contributed by atoms with Gasteiger partial charge in [-0.25, -0.2) is 4.79 Å². The van der Waals surface area contributed by atoms with Crippen molar-refractivity contribution in [1.29, 1.82) is 0 Å². The summed E-state index contributed by atoms with van der Waals surface area (Å²) >= 11 is 0. The van der Waals surface area contributed by atoms with E-state index in [0.29, 0.717) is 5.69 Å². The van der Waals surface area contributed by atoms with Crippen molar-refractivity contribution in [3.05, 3.63) is 46.0 Å². The van der Waals surface area contributed by atoms with Gasteiger partial charge in [0.2, 0.25) is 0 Å². The van der Waals surface area contributed by atoms with E-state index in [0.717, 1.165) is 19.3 Å². The van der Waals surface area contributed by atoms with Gasteiger partial charge in [-0.2, -0.15) is 0 Å². The second-order valence-corrected chi connectivity index (χ2v) is 4.61. The molecule has 1 unspecified atom stereocenters. The van der Waals surface area contributed by atoms with Crippen molar-refractivity contribution in [3.63, 3.8) is 0 Å². The molecule has 0 fully saturated rings. The minimum atomic E-state index is -0.705. The summed E-state index contributed by atoms with van der Waals surface area (Å²) in [5.41, 5.74) is 0.413. The molecule has 20 heavy (non-hydrogen) atoms. The fourth-order valence-electron chi connectivity index (χ4n) is 2.22. The van der Waals surface area contributed by atoms with Crippen LogP contribution in [0.15, 0.2) is 30.4 Å². The Balaban J connectivity index is 2.24. The molecule has 2 rings (SSSR count). The van der Waals surface area contributed by atoms with Crippen LogP contribution in [0.4, 0.5) is 11.4 Å². The van der Waals surface area contributed by atoms with Gasteiger partial charge in [-0.15, -0.1) is 0 Å². The van der Waals surface area contributed by atoms with Gasteiger partial charge in [-0.1, -0.05) is 12.2 Å². The van der Waals surface area contributed by atoms with E-state index >= 15 is 0 Å². The van der Waals surface area contributed by atoms with Crippen LogP contribution in [-0.4, -0.2) is 24.0 Å². The first-order valence-electron chi connectivity index (χ1n) is 6.40. The zero-order valence-corrected chi connectivity index (χ0v) is 11.2. The van der Waals surface area contributed by atoms with Crippen LogP contribution in [0.2, 0.25) is 0 Å². The third-order valence-electron chi connectivity index (χ3n) is 3.24. The predicted octanol–water partition coefficient (Wildman–Crippen LogP) is 2.90. The van der Waals surface area contributed by atoms with Crippen LogP contribution in [0.3, 0.4) is 0 Å². The lowest BCUT2D eigenvalue weighted by molar-refractivity contribution is -0.385. The molecular formula is C14H16N2O4. The normalized spacial score (nSPS) is 17.6. The highest BCUT2D eigenvalue weighted by Gasteiger charge is 2.22. The molecule has 1 N–H and O–H groups in total. The van der Waals surface area contributed by atoms with Crippen molar-refractivity contribution in [2.75, 3.05) is 12.4 Å². The summed E-state index contributed by atoms with van der Waals surface area (Å²) in [5, 5.41) is 14.2. The van der Waals surface area contributed by atoms with Crippen LogP contribution < -0.4 is 5.32 Å². The molecule has 0 heterocycles. The van der Waals surface area contributed by atoms with E-state index in [2.05, 4.69) is 22.2 Å². The summed E-state index contributed by atoms with van der Waals surface area (Å²) in [6.07, 6.45) is 7.15. The largest absolute Gasteiger partial charge is 0.465 e. The van der Waals surface area contributed by atoms with Gasteiger partial charge < -0.3 is 10.1 Å². The second-order valence-electron chi connectivity index (χ2n) is 4.61. The van der Waals surface area contributed by atoms with Gasteiger partial charge in [0.25, 0.3) is 5.69 Å². The van der Waals surface area contributed by atoms with Gasteiger partial charge in [0.1, 0.15) is 5.56 Å². The van der Waals surface area contributed by atoms with E-state index in [-0.39, 0.29) is 17.3 Å². The molecule has 106 valence electrons. The topological polar surface area (TPSA) is 81.5 Å². The highest BCUT2D eigenvalue weighted by atomic mass is 16.6. The van der Waals surface area contributed by atoms with Gasteiger partial charge in [0.05, 0.1) is 12.0 Å². The zero-order chi connectivity index (χ0) is 14.5. The first-order chi connectivity index (χ1) is 9.61. The Morgan fingerprint density at radius 2 is 2.25 bits per heavy atom. The number of carbonyl (C=O) groups excluding carboxylic acids is 1. The third kappa shape index (κ3) is 3.14. The van der Waals surface area contributed by atoms with Crippen LogP contribution in [-0.2, 0) is 4.74 Å². The van der Waals surface area contributed by atoms with Crippen LogP contribution in [0.1, 0.15) is 29.6 Å². The lowest BCUT2D eigenvalue weighted by Crippen LogP contribution is -2.20. The Labute approximate surface area is 116 Å². The van der Waals surface area contributed by atoms with E-state index in [1.807, 2.05) is 0 Å². The van der Waals surface area contributed by atoms with Crippen molar-refractivity contribution < 1.29 is 14.5 Å². The summed E-state index contributed by atoms with van der Waals surface area (Å²) in [4.78, 5) is 21.9. The summed E-state index contributed by atoms with van der Waals surface area (Å²) in [7, 11) is 1.21. The first-order valence-corrected chi connectivity index (χ1v) is 6.40. The fourth-order valence-corrected chi connectivity index (χ4v) is 2.22. The summed E-state index contributed by atoms with van der Waals surface area (Å²) in [6, 6.07) is 4.70. The molecule has 0 saturated heterocycles. The number of anilines is 1. The number of nitro groups is 1. The van der Waals surface area contributed by atoms with Gasteiger partial charge >= 0.3 is 5.97 Å². The lowest BCUT2D eigenvalue weighted by atomic mass is 10.0. The Morgan fingerprint density at radius 1 is 1.45 bits per heavy atom. The number of esters is 1. The Kier molecular flexibility index (Phi) is 4.34. The molecule has 0 saturated carbocycles. The summed E-state index contributed by atoms with van der Waals surface area (Å²) in [6.45, 7) is 0. The van der Waals surface area contributed by atoms with Crippen molar-refractivity contribution in [2.24, 2.45) is 0 Å².